The third-order valence-corrected chi connectivity index (χ3v) is 8.17. The molecular formula is C30H32N2O4. The van der Waals surface area contributed by atoms with Crippen molar-refractivity contribution in [1.29, 1.82) is 0 Å². The van der Waals surface area contributed by atoms with Crippen LogP contribution in [0.25, 0.3) is 0 Å². The van der Waals surface area contributed by atoms with E-state index >= 15 is 0 Å². The topological polar surface area (TPSA) is 88.5 Å². The zero-order chi connectivity index (χ0) is 25.3. The molecule has 3 aromatic rings. The van der Waals surface area contributed by atoms with Gasteiger partial charge in [-0.15, -0.1) is 0 Å². The third-order valence-electron chi connectivity index (χ3n) is 8.17. The Morgan fingerprint density at radius 2 is 1.94 bits per heavy atom. The quantitative estimate of drug-likeness (QED) is 0.484. The van der Waals surface area contributed by atoms with Gasteiger partial charge >= 0.3 is 5.97 Å². The summed E-state index contributed by atoms with van der Waals surface area (Å²) in [6, 6.07) is 19.2. The van der Waals surface area contributed by atoms with E-state index in [1.807, 2.05) is 38.1 Å². The van der Waals surface area contributed by atoms with E-state index in [4.69, 9.17) is 4.74 Å². The average Bonchev–Trinajstić information content (AvgIpc) is 3.00. The number of nitrogens with one attached hydrogen (secondary N) is 1. The normalized spacial score (nSPS) is 25.2. The van der Waals surface area contributed by atoms with Gasteiger partial charge in [0, 0.05) is 23.1 Å². The molecule has 6 nitrogen and oxygen atoms in total. The number of aryl methyl sites for hydroxylation is 1. The second-order valence-corrected chi connectivity index (χ2v) is 10.2. The fourth-order valence-corrected chi connectivity index (χ4v) is 5.95. The van der Waals surface area contributed by atoms with Crippen molar-refractivity contribution in [3.8, 4) is 0 Å². The van der Waals surface area contributed by atoms with Crippen molar-refractivity contribution in [1.82, 2.24) is 4.98 Å². The van der Waals surface area contributed by atoms with Crippen molar-refractivity contribution in [2.75, 3.05) is 11.9 Å². The highest BCUT2D eigenvalue weighted by molar-refractivity contribution is 6.06. The van der Waals surface area contributed by atoms with E-state index < -0.39 is 11.6 Å². The summed E-state index contributed by atoms with van der Waals surface area (Å²) in [7, 11) is 0. The van der Waals surface area contributed by atoms with Crippen molar-refractivity contribution in [2.24, 2.45) is 5.92 Å². The van der Waals surface area contributed by atoms with Gasteiger partial charge in [-0.2, -0.15) is 0 Å². The number of nitrogens with zero attached hydrogens (tertiary/aromatic N) is 1. The predicted molar refractivity (Wildman–Crippen MR) is 138 cm³/mol. The molecular weight excluding hydrogens is 452 g/mol. The number of fused-ring (bicyclic) bond motifs is 3. The van der Waals surface area contributed by atoms with Crippen LogP contribution in [0.5, 0.6) is 0 Å². The number of hydrogen-bond acceptors (Lipinski definition) is 5. The molecule has 2 aromatic carbocycles. The third kappa shape index (κ3) is 4.42. The maximum absolute atomic E-state index is 13.2. The van der Waals surface area contributed by atoms with E-state index in [-0.39, 0.29) is 23.8 Å². The number of hydrogen-bond donors (Lipinski definition) is 2. The maximum atomic E-state index is 13.2. The van der Waals surface area contributed by atoms with E-state index in [0.717, 1.165) is 24.1 Å². The van der Waals surface area contributed by atoms with E-state index in [1.54, 1.807) is 30.5 Å². The number of amides is 1. The lowest BCUT2D eigenvalue weighted by Crippen LogP contribution is -2.50. The van der Waals surface area contributed by atoms with Crippen LogP contribution in [0.4, 0.5) is 5.69 Å². The summed E-state index contributed by atoms with van der Waals surface area (Å²) in [5, 5.41) is 14.1. The van der Waals surface area contributed by atoms with Gasteiger partial charge in [-0.1, -0.05) is 43.3 Å². The van der Waals surface area contributed by atoms with Crippen LogP contribution in [0.2, 0.25) is 0 Å². The minimum absolute atomic E-state index is 0.0284. The second kappa shape index (κ2) is 9.51. The van der Waals surface area contributed by atoms with Crippen LogP contribution in [-0.4, -0.2) is 34.2 Å². The van der Waals surface area contributed by atoms with E-state index in [0.29, 0.717) is 36.1 Å². The molecule has 0 radical (unpaired) electrons. The first kappa shape index (κ1) is 24.2. The monoisotopic (exact) mass is 484 g/mol. The maximum Gasteiger partial charge on any atom is 0.338 e. The van der Waals surface area contributed by atoms with Crippen molar-refractivity contribution in [3.05, 3.63) is 94.8 Å². The molecule has 0 bridgehead atoms. The highest BCUT2D eigenvalue weighted by atomic mass is 16.5. The summed E-state index contributed by atoms with van der Waals surface area (Å²) in [4.78, 5) is 30.6. The Kier molecular flexibility index (Phi) is 6.39. The van der Waals surface area contributed by atoms with Gasteiger partial charge in [-0.3, -0.25) is 9.78 Å². The number of rotatable bonds is 5. The van der Waals surface area contributed by atoms with E-state index in [9.17, 15) is 14.7 Å². The van der Waals surface area contributed by atoms with Crippen molar-refractivity contribution in [2.45, 2.75) is 57.0 Å². The zero-order valence-corrected chi connectivity index (χ0v) is 20.8. The van der Waals surface area contributed by atoms with Gasteiger partial charge in [0.1, 0.15) is 0 Å². The lowest BCUT2D eigenvalue weighted by molar-refractivity contribution is -0.0612. The van der Waals surface area contributed by atoms with Crippen molar-refractivity contribution >= 4 is 17.6 Å². The summed E-state index contributed by atoms with van der Waals surface area (Å²) in [5.41, 5.74) is 3.13. The minimum Gasteiger partial charge on any atom is -0.462 e. The van der Waals surface area contributed by atoms with E-state index in [1.165, 1.54) is 5.56 Å². The number of aromatic nitrogens is 1. The Hall–Kier alpha value is -3.51. The Balaban J connectivity index is 1.57. The molecule has 186 valence electrons. The number of cyclic esters (lactones) is 1. The van der Waals surface area contributed by atoms with Crippen LogP contribution in [0.3, 0.4) is 0 Å². The van der Waals surface area contributed by atoms with Gasteiger partial charge in [0.15, 0.2) is 0 Å². The molecule has 1 aromatic heterocycles. The van der Waals surface area contributed by atoms with Gasteiger partial charge in [-0.05, 0) is 74.4 Å². The molecule has 0 unspecified atom stereocenters. The van der Waals surface area contributed by atoms with Crippen LogP contribution in [0, 0.1) is 12.8 Å². The molecule has 0 spiro atoms. The number of ether oxygens (including phenoxy) is 1. The number of carbonyl (C=O) groups is 2. The van der Waals surface area contributed by atoms with Crippen LogP contribution in [0.1, 0.15) is 70.1 Å². The number of pyridine rings is 1. The zero-order valence-electron chi connectivity index (χ0n) is 20.8. The summed E-state index contributed by atoms with van der Waals surface area (Å²) in [5.74, 6) is -0.748. The Bertz CT molecular complexity index is 1290. The van der Waals surface area contributed by atoms with Crippen molar-refractivity contribution in [3.63, 3.8) is 0 Å². The molecule has 3 atom stereocenters. The molecule has 5 rings (SSSR count). The summed E-state index contributed by atoms with van der Waals surface area (Å²) < 4.78 is 5.78. The molecule has 1 aliphatic heterocycles. The molecule has 1 amide bonds. The van der Waals surface area contributed by atoms with Crippen LogP contribution >= 0.6 is 0 Å². The molecule has 2 N–H and O–H groups in total. The molecule has 2 aliphatic rings. The minimum atomic E-state index is -0.761. The van der Waals surface area contributed by atoms with E-state index in [2.05, 4.69) is 22.4 Å². The molecule has 1 aliphatic carbocycles. The SMILES string of the molecule is CC[C@@]1(O)CC[C@@]2(Cc3ccccc3)c3ccc(C(=O)Nc4cccnc4C)cc3C(=O)OC[C@H]2C1. The first-order chi connectivity index (χ1) is 17.3. The fourth-order valence-electron chi connectivity index (χ4n) is 5.95. The molecule has 2 heterocycles. The van der Waals surface area contributed by atoms with Crippen LogP contribution in [-0.2, 0) is 16.6 Å². The van der Waals surface area contributed by atoms with Gasteiger partial charge in [0.05, 0.1) is 29.2 Å². The van der Waals surface area contributed by atoms with Crippen molar-refractivity contribution < 1.29 is 19.4 Å². The largest absolute Gasteiger partial charge is 0.462 e. The first-order valence-electron chi connectivity index (χ1n) is 12.6. The van der Waals surface area contributed by atoms with Crippen LogP contribution in [0.15, 0.2) is 66.9 Å². The lowest BCUT2D eigenvalue weighted by Gasteiger charge is -2.49. The highest BCUT2D eigenvalue weighted by Gasteiger charge is 2.52. The molecule has 36 heavy (non-hydrogen) atoms. The molecule has 1 fully saturated rings. The number of esters is 1. The molecule has 1 saturated carbocycles. The predicted octanol–water partition coefficient (Wildman–Crippen LogP) is 5.23. The highest BCUT2D eigenvalue weighted by Crippen LogP contribution is 2.52. The first-order valence-corrected chi connectivity index (χ1v) is 12.6. The standard InChI is InChI=1S/C30H32N2O4/c1-3-29(35)13-14-30(17-21-8-5-4-6-9-21)23(18-29)19-36-28(34)24-16-22(11-12-25(24)30)27(33)32-26-10-7-15-31-20(26)2/h4-12,15-16,23,35H,3,13-14,17-19H2,1-2H3,(H,32,33)/t23-,29-,30+/m1/s1. The van der Waals surface area contributed by atoms with Gasteiger partial charge in [0.25, 0.3) is 5.91 Å². The smallest absolute Gasteiger partial charge is 0.338 e. The molecule has 6 heteroatoms. The van der Waals surface area contributed by atoms with Crippen LogP contribution < -0.4 is 5.32 Å². The summed E-state index contributed by atoms with van der Waals surface area (Å²) in [6.07, 6.45) is 5.05. The van der Waals surface area contributed by atoms with Gasteiger partial charge in [-0.25, -0.2) is 4.79 Å². The summed E-state index contributed by atoms with van der Waals surface area (Å²) >= 11 is 0. The fraction of sp³-hybridized carbons (Fsp3) is 0.367. The number of aliphatic hydroxyl groups is 1. The lowest BCUT2D eigenvalue weighted by atomic mass is 9.56. The molecule has 0 saturated heterocycles. The Morgan fingerprint density at radius 3 is 2.69 bits per heavy atom. The Morgan fingerprint density at radius 1 is 1.14 bits per heavy atom. The Labute approximate surface area is 211 Å². The average molecular weight is 485 g/mol. The number of benzene rings is 2. The van der Waals surface area contributed by atoms with Gasteiger partial charge in [0.2, 0.25) is 0 Å². The second-order valence-electron chi connectivity index (χ2n) is 10.2. The van der Waals surface area contributed by atoms with Gasteiger partial charge < -0.3 is 15.2 Å². The number of anilines is 1. The summed E-state index contributed by atoms with van der Waals surface area (Å²) in [6.45, 7) is 4.09. The number of carbonyl (C=O) groups excluding carboxylic acids is 2.